The Labute approximate surface area is 130 Å². The molecule has 1 aromatic rings. The van der Waals surface area contributed by atoms with Gasteiger partial charge >= 0.3 is 5.97 Å². The molecule has 0 aromatic heterocycles. The summed E-state index contributed by atoms with van der Waals surface area (Å²) in [7, 11) is 0. The van der Waals surface area contributed by atoms with E-state index in [0.29, 0.717) is 13.2 Å². The van der Waals surface area contributed by atoms with E-state index in [1.54, 1.807) is 30.0 Å². The van der Waals surface area contributed by atoms with Crippen LogP contribution in [0.3, 0.4) is 0 Å². The third-order valence-electron chi connectivity index (χ3n) is 3.06. The first-order valence-corrected chi connectivity index (χ1v) is 7.34. The van der Waals surface area contributed by atoms with Crippen LogP contribution in [0.1, 0.15) is 32.8 Å². The second kappa shape index (κ2) is 8.97. The summed E-state index contributed by atoms with van der Waals surface area (Å²) in [6.45, 7) is 6.15. The Morgan fingerprint density at radius 1 is 1.27 bits per heavy atom. The zero-order chi connectivity index (χ0) is 16.5. The highest BCUT2D eigenvalue weighted by molar-refractivity contribution is 5.92. The van der Waals surface area contributed by atoms with Gasteiger partial charge < -0.3 is 9.64 Å². The van der Waals surface area contributed by atoms with E-state index in [2.05, 4.69) is 0 Å². The van der Waals surface area contributed by atoms with Gasteiger partial charge in [-0.25, -0.2) is 4.39 Å². The third-order valence-corrected chi connectivity index (χ3v) is 3.06. The van der Waals surface area contributed by atoms with Crippen LogP contribution in [0.2, 0.25) is 0 Å². The molecule has 0 spiro atoms. The Bertz CT molecular complexity index is 523. The Balaban J connectivity index is 2.64. The number of ether oxygens (including phenoxy) is 1. The van der Waals surface area contributed by atoms with Gasteiger partial charge in [0.15, 0.2) is 0 Å². The zero-order valence-corrected chi connectivity index (χ0v) is 13.2. The van der Waals surface area contributed by atoms with E-state index in [1.165, 1.54) is 18.2 Å². The van der Waals surface area contributed by atoms with Crippen LogP contribution in [0.4, 0.5) is 4.39 Å². The fourth-order valence-corrected chi connectivity index (χ4v) is 1.90. The molecule has 1 rings (SSSR count). The van der Waals surface area contributed by atoms with E-state index in [-0.39, 0.29) is 30.2 Å². The lowest BCUT2D eigenvalue weighted by molar-refractivity contribution is -0.144. The minimum atomic E-state index is -0.318. The van der Waals surface area contributed by atoms with Crippen LogP contribution in [0.5, 0.6) is 0 Å². The average molecular weight is 307 g/mol. The van der Waals surface area contributed by atoms with E-state index < -0.39 is 0 Å². The molecule has 120 valence electrons. The van der Waals surface area contributed by atoms with E-state index in [0.717, 1.165) is 5.56 Å². The molecule has 0 aliphatic heterocycles. The summed E-state index contributed by atoms with van der Waals surface area (Å²) >= 11 is 0. The largest absolute Gasteiger partial charge is 0.466 e. The highest BCUT2D eigenvalue weighted by atomic mass is 19.1. The summed E-state index contributed by atoms with van der Waals surface area (Å²) in [5, 5.41) is 0. The maximum absolute atomic E-state index is 12.8. The fourth-order valence-electron chi connectivity index (χ4n) is 1.90. The summed E-state index contributed by atoms with van der Waals surface area (Å²) in [4.78, 5) is 25.2. The number of halogens is 1. The molecular weight excluding hydrogens is 285 g/mol. The van der Waals surface area contributed by atoms with Crippen molar-refractivity contribution < 1.29 is 18.7 Å². The van der Waals surface area contributed by atoms with Crippen LogP contribution in [-0.2, 0) is 14.3 Å². The fraction of sp³-hybridized carbons (Fsp3) is 0.412. The van der Waals surface area contributed by atoms with Crippen molar-refractivity contribution in [3.8, 4) is 0 Å². The Kier molecular flexibility index (Phi) is 7.29. The molecule has 0 aliphatic rings. The van der Waals surface area contributed by atoms with Crippen molar-refractivity contribution in [2.75, 3.05) is 13.2 Å². The molecule has 0 heterocycles. The molecule has 0 saturated carbocycles. The molecule has 0 fully saturated rings. The van der Waals surface area contributed by atoms with Crippen LogP contribution in [0.15, 0.2) is 30.3 Å². The molecule has 0 N–H and O–H groups in total. The SMILES string of the molecule is CCOC(=O)CCN(C(=O)/C=C/c1ccc(F)cc1)C(C)C. The molecule has 1 aromatic carbocycles. The summed E-state index contributed by atoms with van der Waals surface area (Å²) in [5.41, 5.74) is 0.740. The van der Waals surface area contributed by atoms with Crippen molar-refractivity contribution in [2.45, 2.75) is 33.2 Å². The molecule has 1 amide bonds. The Hall–Kier alpha value is -2.17. The molecular formula is C17H22FNO3. The van der Waals surface area contributed by atoms with Crippen molar-refractivity contribution in [3.05, 3.63) is 41.7 Å². The normalized spacial score (nSPS) is 11.0. The Morgan fingerprint density at radius 3 is 2.45 bits per heavy atom. The number of benzene rings is 1. The van der Waals surface area contributed by atoms with Crippen LogP contribution in [-0.4, -0.2) is 36.0 Å². The predicted octanol–water partition coefficient (Wildman–Crippen LogP) is 3.03. The van der Waals surface area contributed by atoms with Gasteiger partial charge in [0.2, 0.25) is 5.91 Å². The molecule has 4 nitrogen and oxygen atoms in total. The first-order valence-electron chi connectivity index (χ1n) is 7.34. The maximum Gasteiger partial charge on any atom is 0.307 e. The van der Waals surface area contributed by atoms with Gasteiger partial charge in [0.1, 0.15) is 5.82 Å². The van der Waals surface area contributed by atoms with Crippen LogP contribution in [0.25, 0.3) is 6.08 Å². The molecule has 0 atom stereocenters. The number of amides is 1. The van der Waals surface area contributed by atoms with Crippen LogP contribution in [0, 0.1) is 5.82 Å². The number of hydrogen-bond acceptors (Lipinski definition) is 3. The second-order valence-electron chi connectivity index (χ2n) is 5.07. The molecule has 5 heteroatoms. The van der Waals surface area contributed by atoms with Gasteiger partial charge in [-0.3, -0.25) is 9.59 Å². The van der Waals surface area contributed by atoms with Gasteiger partial charge in [0.05, 0.1) is 13.0 Å². The minimum absolute atomic E-state index is 0.0280. The van der Waals surface area contributed by atoms with E-state index in [1.807, 2.05) is 13.8 Å². The quantitative estimate of drug-likeness (QED) is 0.574. The molecule has 0 bridgehead atoms. The molecule has 0 radical (unpaired) electrons. The van der Waals surface area contributed by atoms with Gasteiger partial charge in [-0.1, -0.05) is 12.1 Å². The maximum atomic E-state index is 12.8. The van der Waals surface area contributed by atoms with Crippen molar-refractivity contribution >= 4 is 18.0 Å². The van der Waals surface area contributed by atoms with Gasteiger partial charge in [0.25, 0.3) is 0 Å². The summed E-state index contributed by atoms with van der Waals surface area (Å²) in [5.74, 6) is -0.825. The first kappa shape index (κ1) is 17.9. The Morgan fingerprint density at radius 2 is 1.91 bits per heavy atom. The number of rotatable bonds is 7. The number of esters is 1. The minimum Gasteiger partial charge on any atom is -0.466 e. The topological polar surface area (TPSA) is 46.6 Å². The highest BCUT2D eigenvalue weighted by Crippen LogP contribution is 2.07. The van der Waals surface area contributed by atoms with Gasteiger partial charge in [-0.05, 0) is 44.5 Å². The highest BCUT2D eigenvalue weighted by Gasteiger charge is 2.16. The summed E-state index contributed by atoms with van der Waals surface area (Å²) < 4.78 is 17.7. The van der Waals surface area contributed by atoms with Gasteiger partial charge in [0, 0.05) is 18.7 Å². The van der Waals surface area contributed by atoms with Gasteiger partial charge in [-0.15, -0.1) is 0 Å². The predicted molar refractivity (Wildman–Crippen MR) is 83.5 cm³/mol. The molecule has 0 saturated heterocycles. The number of carbonyl (C=O) groups is 2. The molecule has 0 aliphatic carbocycles. The van der Waals surface area contributed by atoms with Crippen LogP contribution < -0.4 is 0 Å². The summed E-state index contributed by atoms with van der Waals surface area (Å²) in [6.07, 6.45) is 3.22. The van der Waals surface area contributed by atoms with Crippen molar-refractivity contribution in [3.63, 3.8) is 0 Å². The summed E-state index contributed by atoms with van der Waals surface area (Å²) in [6, 6.07) is 5.84. The van der Waals surface area contributed by atoms with Gasteiger partial charge in [-0.2, -0.15) is 0 Å². The lowest BCUT2D eigenvalue weighted by Gasteiger charge is -2.25. The molecule has 0 unspecified atom stereocenters. The average Bonchev–Trinajstić information content (AvgIpc) is 2.46. The number of nitrogens with zero attached hydrogens (tertiary/aromatic N) is 1. The first-order chi connectivity index (χ1) is 10.4. The van der Waals surface area contributed by atoms with Crippen LogP contribution >= 0.6 is 0 Å². The van der Waals surface area contributed by atoms with Crippen molar-refractivity contribution in [1.29, 1.82) is 0 Å². The zero-order valence-electron chi connectivity index (χ0n) is 13.2. The third kappa shape index (κ3) is 6.08. The van der Waals surface area contributed by atoms with Crippen molar-refractivity contribution in [2.24, 2.45) is 0 Å². The van der Waals surface area contributed by atoms with E-state index in [9.17, 15) is 14.0 Å². The second-order valence-corrected chi connectivity index (χ2v) is 5.07. The van der Waals surface area contributed by atoms with E-state index in [4.69, 9.17) is 4.74 Å². The smallest absolute Gasteiger partial charge is 0.307 e. The molecule has 22 heavy (non-hydrogen) atoms. The lowest BCUT2D eigenvalue weighted by atomic mass is 10.2. The van der Waals surface area contributed by atoms with E-state index >= 15 is 0 Å². The monoisotopic (exact) mass is 307 g/mol. The standard InChI is InChI=1S/C17H22FNO3/c1-4-22-17(21)11-12-19(13(2)3)16(20)10-7-14-5-8-15(18)9-6-14/h5-10,13H,4,11-12H2,1-3H3/b10-7+. The van der Waals surface area contributed by atoms with Crippen molar-refractivity contribution in [1.82, 2.24) is 4.90 Å². The number of carbonyl (C=O) groups excluding carboxylic acids is 2. The number of hydrogen-bond donors (Lipinski definition) is 0. The lowest BCUT2D eigenvalue weighted by Crippen LogP contribution is -2.37.